The second-order valence-electron chi connectivity index (χ2n) is 6.28. The van der Waals surface area contributed by atoms with E-state index in [-0.39, 0.29) is 15.9 Å². The van der Waals surface area contributed by atoms with Crippen molar-refractivity contribution in [1.29, 1.82) is 0 Å². The number of sulfonamides is 1. The highest BCUT2D eigenvalue weighted by molar-refractivity contribution is 7.93. The predicted molar refractivity (Wildman–Crippen MR) is 96.9 cm³/mol. The van der Waals surface area contributed by atoms with E-state index in [0.717, 1.165) is 19.9 Å². The van der Waals surface area contributed by atoms with Gasteiger partial charge in [0.2, 0.25) is 0 Å². The highest BCUT2D eigenvalue weighted by Gasteiger charge is 2.41. The minimum atomic E-state index is -5.22. The second kappa shape index (κ2) is 7.85. The van der Waals surface area contributed by atoms with Gasteiger partial charge in [0, 0.05) is 0 Å². The first kappa shape index (κ1) is 23.6. The third-order valence-electron chi connectivity index (χ3n) is 3.47. The van der Waals surface area contributed by atoms with Crippen LogP contribution in [0.4, 0.5) is 22.6 Å². The van der Waals surface area contributed by atoms with Gasteiger partial charge in [0.05, 0.1) is 10.5 Å². The number of hydrogen-bond acceptors (Lipinski definition) is 7. The number of nitrogens with zero attached hydrogens (tertiary/aromatic N) is 1. The monoisotopic (exact) mass is 470 g/mol. The molecule has 30 heavy (non-hydrogen) atoms. The maximum atomic E-state index is 14.0. The molecule has 0 saturated carbocycles. The van der Waals surface area contributed by atoms with E-state index < -0.39 is 55.3 Å². The van der Waals surface area contributed by atoms with E-state index in [1.807, 2.05) is 0 Å². The van der Waals surface area contributed by atoms with Gasteiger partial charge in [0.1, 0.15) is 10.6 Å². The van der Waals surface area contributed by atoms with Crippen LogP contribution in [0, 0.1) is 5.82 Å². The molecule has 1 aromatic heterocycles. The van der Waals surface area contributed by atoms with Gasteiger partial charge in [0.25, 0.3) is 21.8 Å². The van der Waals surface area contributed by atoms with Crippen LogP contribution in [0.2, 0.25) is 0 Å². The number of rotatable bonds is 6. The van der Waals surface area contributed by atoms with Gasteiger partial charge in [-0.25, -0.2) is 12.8 Å². The van der Waals surface area contributed by atoms with Gasteiger partial charge >= 0.3 is 6.36 Å². The quantitative estimate of drug-likeness (QED) is 0.624. The molecule has 1 aromatic carbocycles. The lowest BCUT2D eigenvalue weighted by Crippen LogP contribution is -2.48. The number of anilines is 1. The molecule has 0 bridgehead atoms. The van der Waals surface area contributed by atoms with Crippen LogP contribution in [0.25, 0.3) is 0 Å². The number of alkyl halides is 3. The molecule has 0 unspecified atom stereocenters. The Kier molecular flexibility index (Phi) is 6.16. The number of primary amides is 1. The standard InChI is InChI=1S/C16H14F4N2O6S2/c1-15(2,25)14(24)22(13-9(12(21)23)5-6-29-13)30(26,27)8-3-4-11(10(17)7-8)28-16(18,19)20/h3-7,25H,1-2H3,(H2,21,23). The van der Waals surface area contributed by atoms with Crippen molar-refractivity contribution in [3.8, 4) is 5.75 Å². The van der Waals surface area contributed by atoms with Crippen molar-refractivity contribution in [2.75, 3.05) is 4.31 Å². The summed E-state index contributed by atoms with van der Waals surface area (Å²) in [5.74, 6) is -5.47. The summed E-state index contributed by atoms with van der Waals surface area (Å²) in [5, 5.41) is 10.8. The Morgan fingerprint density at radius 1 is 1.20 bits per heavy atom. The third-order valence-corrected chi connectivity index (χ3v) is 6.16. The lowest BCUT2D eigenvalue weighted by molar-refractivity contribution is -0.275. The van der Waals surface area contributed by atoms with Crippen molar-refractivity contribution in [2.24, 2.45) is 5.73 Å². The fourth-order valence-corrected chi connectivity index (χ4v) is 4.85. The summed E-state index contributed by atoms with van der Waals surface area (Å²) >= 11 is 0.614. The molecule has 0 spiro atoms. The Labute approximate surface area is 171 Å². The van der Waals surface area contributed by atoms with E-state index in [1.165, 1.54) is 5.38 Å². The van der Waals surface area contributed by atoms with Crippen molar-refractivity contribution >= 4 is 38.2 Å². The molecule has 2 amide bonds. The van der Waals surface area contributed by atoms with E-state index in [4.69, 9.17) is 5.73 Å². The summed E-state index contributed by atoms with van der Waals surface area (Å²) in [6, 6.07) is 2.32. The maximum Gasteiger partial charge on any atom is 0.573 e. The zero-order valence-corrected chi connectivity index (χ0v) is 16.9. The van der Waals surface area contributed by atoms with Crippen LogP contribution in [0.15, 0.2) is 34.5 Å². The molecule has 0 aliphatic heterocycles. The molecule has 8 nitrogen and oxygen atoms in total. The second-order valence-corrected chi connectivity index (χ2v) is 8.96. The molecular formula is C16H14F4N2O6S2. The first-order chi connectivity index (χ1) is 13.6. The first-order valence-corrected chi connectivity index (χ1v) is 10.1. The van der Waals surface area contributed by atoms with Crippen molar-refractivity contribution < 1.29 is 45.4 Å². The molecular weight excluding hydrogens is 456 g/mol. The van der Waals surface area contributed by atoms with Gasteiger partial charge in [-0.15, -0.1) is 24.5 Å². The van der Waals surface area contributed by atoms with Crippen LogP contribution >= 0.6 is 11.3 Å². The van der Waals surface area contributed by atoms with Crippen molar-refractivity contribution in [1.82, 2.24) is 0 Å². The van der Waals surface area contributed by atoms with Crippen LogP contribution in [-0.2, 0) is 14.8 Å². The smallest absolute Gasteiger partial charge is 0.403 e. The normalized spacial score (nSPS) is 12.5. The van der Waals surface area contributed by atoms with E-state index in [1.54, 1.807) is 0 Å². The average molecular weight is 470 g/mol. The summed E-state index contributed by atoms with van der Waals surface area (Å²) in [7, 11) is -5.00. The number of amides is 2. The molecule has 2 rings (SSSR count). The summed E-state index contributed by atoms with van der Waals surface area (Å²) in [4.78, 5) is 23.4. The average Bonchev–Trinajstić information content (AvgIpc) is 3.03. The Morgan fingerprint density at radius 2 is 1.80 bits per heavy atom. The Bertz CT molecular complexity index is 1090. The van der Waals surface area contributed by atoms with Gasteiger partial charge in [-0.05, 0) is 43.5 Å². The van der Waals surface area contributed by atoms with E-state index in [2.05, 4.69) is 4.74 Å². The first-order valence-electron chi connectivity index (χ1n) is 7.80. The molecule has 14 heteroatoms. The van der Waals surface area contributed by atoms with Crippen molar-refractivity contribution in [3.05, 3.63) is 41.0 Å². The van der Waals surface area contributed by atoms with E-state index in [0.29, 0.717) is 23.5 Å². The highest BCUT2D eigenvalue weighted by Crippen LogP contribution is 2.35. The number of aliphatic hydroxyl groups is 1. The molecule has 0 aliphatic rings. The zero-order chi connectivity index (χ0) is 23.1. The van der Waals surface area contributed by atoms with Crippen LogP contribution < -0.4 is 14.8 Å². The molecule has 164 valence electrons. The fourth-order valence-electron chi connectivity index (χ4n) is 2.16. The summed E-state index contributed by atoms with van der Waals surface area (Å²) in [5.41, 5.74) is 2.54. The Morgan fingerprint density at radius 3 is 2.27 bits per heavy atom. The largest absolute Gasteiger partial charge is 0.573 e. The van der Waals surface area contributed by atoms with Crippen molar-refractivity contribution in [2.45, 2.75) is 30.7 Å². The topological polar surface area (TPSA) is 127 Å². The molecule has 1 heterocycles. The van der Waals surface area contributed by atoms with Gasteiger partial charge in [-0.3, -0.25) is 9.59 Å². The molecule has 2 aromatic rings. The summed E-state index contributed by atoms with van der Waals surface area (Å²) < 4.78 is 80.5. The van der Waals surface area contributed by atoms with Crippen molar-refractivity contribution in [3.63, 3.8) is 0 Å². The molecule has 0 fully saturated rings. The minimum Gasteiger partial charge on any atom is -0.403 e. The molecule has 0 atom stereocenters. The molecule has 3 N–H and O–H groups in total. The van der Waals surface area contributed by atoms with Gasteiger partial charge in [-0.2, -0.15) is 4.31 Å². The predicted octanol–water partition coefficient (Wildman–Crippen LogP) is 2.38. The van der Waals surface area contributed by atoms with Crippen LogP contribution in [0.1, 0.15) is 24.2 Å². The van der Waals surface area contributed by atoms with E-state index >= 15 is 0 Å². The molecule has 0 saturated heterocycles. The zero-order valence-electron chi connectivity index (χ0n) is 15.2. The number of halogens is 4. The Hall–Kier alpha value is -2.71. The SMILES string of the molecule is CC(C)(O)C(=O)N(c1sccc1C(N)=O)S(=O)(=O)c1ccc(OC(F)(F)F)c(F)c1. The van der Waals surface area contributed by atoms with E-state index in [9.17, 15) is 40.7 Å². The molecule has 0 aliphatic carbocycles. The summed E-state index contributed by atoms with van der Waals surface area (Å²) in [6.07, 6.45) is -5.22. The highest BCUT2D eigenvalue weighted by atomic mass is 32.2. The van der Waals surface area contributed by atoms with Gasteiger partial charge in [-0.1, -0.05) is 0 Å². The van der Waals surface area contributed by atoms with Crippen LogP contribution in [0.3, 0.4) is 0 Å². The fraction of sp³-hybridized carbons (Fsp3) is 0.250. The lowest BCUT2D eigenvalue weighted by atomic mass is 10.1. The number of hydrogen-bond donors (Lipinski definition) is 2. The van der Waals surface area contributed by atoms with Crippen LogP contribution in [0.5, 0.6) is 5.75 Å². The number of carbonyl (C=O) groups excluding carboxylic acids is 2. The number of thiophene rings is 1. The van der Waals surface area contributed by atoms with Gasteiger partial charge < -0.3 is 15.6 Å². The van der Waals surface area contributed by atoms with Gasteiger partial charge in [0.15, 0.2) is 11.6 Å². The van der Waals surface area contributed by atoms with Crippen LogP contribution in [-0.4, -0.2) is 37.3 Å². The lowest BCUT2D eigenvalue weighted by Gasteiger charge is -2.27. The Balaban J connectivity index is 2.66. The summed E-state index contributed by atoms with van der Waals surface area (Å²) in [6.45, 7) is 1.94. The number of nitrogens with two attached hydrogens (primary N) is 1. The minimum absolute atomic E-state index is 0.0524. The number of benzene rings is 1. The third kappa shape index (κ3) is 4.88. The molecule has 0 radical (unpaired) electrons. The number of ether oxygens (including phenoxy) is 1. The number of carbonyl (C=O) groups is 2. The maximum absolute atomic E-state index is 14.0.